The molecule has 5 heteroatoms. The lowest BCUT2D eigenvalue weighted by atomic mass is 9.98. The molecule has 19 heavy (non-hydrogen) atoms. The van der Waals surface area contributed by atoms with Crippen molar-refractivity contribution >= 4 is 5.97 Å². The van der Waals surface area contributed by atoms with Gasteiger partial charge in [0.2, 0.25) is 0 Å². The number of nitrogens with zero attached hydrogens (tertiary/aromatic N) is 1. The Morgan fingerprint density at radius 1 is 1.37 bits per heavy atom. The second-order valence-corrected chi connectivity index (χ2v) is 5.61. The highest BCUT2D eigenvalue weighted by Gasteiger charge is 2.28. The normalized spacial score (nSPS) is 30.4. The van der Waals surface area contributed by atoms with Gasteiger partial charge in [-0.15, -0.1) is 0 Å². The maximum Gasteiger partial charge on any atom is 0.305 e. The summed E-state index contributed by atoms with van der Waals surface area (Å²) in [6.45, 7) is 5.49. The molecule has 0 aromatic carbocycles. The zero-order valence-corrected chi connectivity index (χ0v) is 11.7. The van der Waals surface area contributed by atoms with E-state index in [1.165, 1.54) is 0 Å². The van der Waals surface area contributed by atoms with Crippen molar-refractivity contribution in [2.24, 2.45) is 0 Å². The Morgan fingerprint density at radius 2 is 2.11 bits per heavy atom. The number of rotatable bonds is 5. The molecular weight excluding hydrogens is 246 g/mol. The number of aliphatic carboxylic acids is 1. The third kappa shape index (κ3) is 4.75. The number of ether oxygens (including phenoxy) is 2. The maximum atomic E-state index is 10.4. The van der Waals surface area contributed by atoms with Gasteiger partial charge in [0.05, 0.1) is 25.2 Å². The Morgan fingerprint density at radius 3 is 2.74 bits per heavy atom. The predicted octanol–water partition coefficient (Wildman–Crippen LogP) is 1.51. The SMILES string of the molecule is CC1CC(N2CCC(OCCC(=O)O)CC2)CCO1. The molecule has 0 aliphatic carbocycles. The summed E-state index contributed by atoms with van der Waals surface area (Å²) in [4.78, 5) is 13.0. The van der Waals surface area contributed by atoms with E-state index in [1.54, 1.807) is 0 Å². The molecule has 0 aromatic heterocycles. The highest BCUT2D eigenvalue weighted by atomic mass is 16.5. The molecule has 0 spiro atoms. The molecule has 0 bridgehead atoms. The largest absolute Gasteiger partial charge is 0.481 e. The fourth-order valence-electron chi connectivity index (χ4n) is 3.03. The summed E-state index contributed by atoms with van der Waals surface area (Å²) in [5.74, 6) is -0.784. The quantitative estimate of drug-likeness (QED) is 0.821. The molecule has 2 heterocycles. The maximum absolute atomic E-state index is 10.4. The Balaban J connectivity index is 1.65. The van der Waals surface area contributed by atoms with Gasteiger partial charge < -0.3 is 19.5 Å². The smallest absolute Gasteiger partial charge is 0.305 e. The second kappa shape index (κ2) is 7.22. The minimum atomic E-state index is -0.784. The minimum absolute atomic E-state index is 0.109. The van der Waals surface area contributed by atoms with Crippen LogP contribution in [-0.4, -0.2) is 60.5 Å². The monoisotopic (exact) mass is 271 g/mol. The molecule has 0 amide bonds. The first-order valence-electron chi connectivity index (χ1n) is 7.34. The first-order valence-corrected chi connectivity index (χ1v) is 7.34. The highest BCUT2D eigenvalue weighted by Crippen LogP contribution is 2.23. The van der Waals surface area contributed by atoms with Gasteiger partial charge in [-0.05, 0) is 32.6 Å². The van der Waals surface area contributed by atoms with E-state index in [2.05, 4.69) is 11.8 Å². The number of hydrogen-bond acceptors (Lipinski definition) is 4. The van der Waals surface area contributed by atoms with Gasteiger partial charge in [-0.1, -0.05) is 0 Å². The summed E-state index contributed by atoms with van der Waals surface area (Å²) in [6, 6.07) is 0.656. The predicted molar refractivity (Wildman–Crippen MR) is 71.2 cm³/mol. The van der Waals surface area contributed by atoms with Crippen LogP contribution >= 0.6 is 0 Å². The van der Waals surface area contributed by atoms with Crippen LogP contribution in [0.1, 0.15) is 39.0 Å². The van der Waals surface area contributed by atoms with Crippen LogP contribution in [0.25, 0.3) is 0 Å². The fraction of sp³-hybridized carbons (Fsp3) is 0.929. The van der Waals surface area contributed by atoms with Crippen molar-refractivity contribution in [2.45, 2.75) is 57.3 Å². The molecular formula is C14H25NO4. The van der Waals surface area contributed by atoms with E-state index in [1.807, 2.05) is 0 Å². The molecule has 0 radical (unpaired) electrons. The van der Waals surface area contributed by atoms with Gasteiger partial charge in [0, 0.05) is 25.7 Å². The van der Waals surface area contributed by atoms with Crippen LogP contribution in [0.2, 0.25) is 0 Å². The Labute approximate surface area is 114 Å². The number of hydrogen-bond donors (Lipinski definition) is 1. The first kappa shape index (κ1) is 14.8. The lowest BCUT2D eigenvalue weighted by Gasteiger charge is -2.40. The summed E-state index contributed by atoms with van der Waals surface area (Å²) in [5, 5.41) is 8.58. The van der Waals surface area contributed by atoms with Crippen LogP contribution in [-0.2, 0) is 14.3 Å². The van der Waals surface area contributed by atoms with Crippen molar-refractivity contribution in [3.63, 3.8) is 0 Å². The van der Waals surface area contributed by atoms with Gasteiger partial charge in [0.1, 0.15) is 0 Å². The van der Waals surface area contributed by atoms with Crippen molar-refractivity contribution in [2.75, 3.05) is 26.3 Å². The number of carboxylic acids is 1. The molecule has 2 unspecified atom stereocenters. The van der Waals surface area contributed by atoms with Crippen LogP contribution < -0.4 is 0 Å². The lowest BCUT2D eigenvalue weighted by molar-refractivity contribution is -0.139. The minimum Gasteiger partial charge on any atom is -0.481 e. The van der Waals surface area contributed by atoms with Crippen molar-refractivity contribution in [3.8, 4) is 0 Å². The number of likely N-dealkylation sites (tertiary alicyclic amines) is 1. The van der Waals surface area contributed by atoms with Crippen LogP contribution in [0.5, 0.6) is 0 Å². The number of carboxylic acid groups (broad SMARTS) is 1. The highest BCUT2D eigenvalue weighted by molar-refractivity contribution is 5.66. The van der Waals surface area contributed by atoms with E-state index in [4.69, 9.17) is 14.6 Å². The lowest BCUT2D eigenvalue weighted by Crippen LogP contribution is -2.47. The zero-order chi connectivity index (χ0) is 13.7. The molecule has 2 rings (SSSR count). The molecule has 2 aliphatic heterocycles. The summed E-state index contributed by atoms with van der Waals surface area (Å²) in [6.07, 6.45) is 5.03. The standard InChI is InChI=1S/C14H25NO4/c1-11-10-12(4-8-18-11)15-6-2-13(3-7-15)19-9-5-14(16)17/h11-13H,2-10H2,1H3,(H,16,17). The van der Waals surface area contributed by atoms with Crippen LogP contribution in [0.4, 0.5) is 0 Å². The fourth-order valence-corrected chi connectivity index (χ4v) is 3.03. The van der Waals surface area contributed by atoms with E-state index in [9.17, 15) is 4.79 Å². The third-order valence-corrected chi connectivity index (χ3v) is 4.12. The molecule has 0 aromatic rings. The molecule has 0 saturated carbocycles. The van der Waals surface area contributed by atoms with Gasteiger partial charge in [-0.2, -0.15) is 0 Å². The third-order valence-electron chi connectivity index (χ3n) is 4.12. The molecule has 2 fully saturated rings. The van der Waals surface area contributed by atoms with Gasteiger partial charge >= 0.3 is 5.97 Å². The Hall–Kier alpha value is -0.650. The summed E-state index contributed by atoms with van der Waals surface area (Å²) in [7, 11) is 0. The van der Waals surface area contributed by atoms with E-state index >= 15 is 0 Å². The number of piperidine rings is 1. The average molecular weight is 271 g/mol. The summed E-state index contributed by atoms with van der Waals surface area (Å²) >= 11 is 0. The average Bonchev–Trinajstić information content (AvgIpc) is 2.39. The van der Waals surface area contributed by atoms with Gasteiger partial charge in [-0.25, -0.2) is 0 Å². The van der Waals surface area contributed by atoms with Gasteiger partial charge in [0.15, 0.2) is 0 Å². The van der Waals surface area contributed by atoms with Gasteiger partial charge in [0.25, 0.3) is 0 Å². The summed E-state index contributed by atoms with van der Waals surface area (Å²) < 4.78 is 11.2. The van der Waals surface area contributed by atoms with Crippen molar-refractivity contribution in [1.29, 1.82) is 0 Å². The molecule has 2 saturated heterocycles. The second-order valence-electron chi connectivity index (χ2n) is 5.61. The molecule has 110 valence electrons. The van der Waals surface area contributed by atoms with Gasteiger partial charge in [-0.3, -0.25) is 4.79 Å². The van der Waals surface area contributed by atoms with E-state index in [0.717, 1.165) is 45.4 Å². The van der Waals surface area contributed by atoms with Crippen molar-refractivity contribution in [1.82, 2.24) is 4.90 Å². The molecule has 2 aliphatic rings. The molecule has 1 N–H and O–H groups in total. The summed E-state index contributed by atoms with van der Waals surface area (Å²) in [5.41, 5.74) is 0. The molecule has 2 atom stereocenters. The zero-order valence-electron chi connectivity index (χ0n) is 11.7. The van der Waals surface area contributed by atoms with E-state index < -0.39 is 5.97 Å². The van der Waals surface area contributed by atoms with Crippen LogP contribution in [0, 0.1) is 0 Å². The number of carbonyl (C=O) groups is 1. The van der Waals surface area contributed by atoms with Crippen molar-refractivity contribution in [3.05, 3.63) is 0 Å². The van der Waals surface area contributed by atoms with Crippen LogP contribution in [0.3, 0.4) is 0 Å². The molecule has 5 nitrogen and oxygen atoms in total. The topological polar surface area (TPSA) is 59.0 Å². The Bertz CT molecular complexity index is 289. The van der Waals surface area contributed by atoms with E-state index in [0.29, 0.717) is 18.8 Å². The van der Waals surface area contributed by atoms with E-state index in [-0.39, 0.29) is 12.5 Å². The first-order chi connectivity index (χ1) is 9.15. The Kier molecular flexibility index (Phi) is 5.60. The van der Waals surface area contributed by atoms with Crippen molar-refractivity contribution < 1.29 is 19.4 Å². The van der Waals surface area contributed by atoms with Crippen LogP contribution in [0.15, 0.2) is 0 Å².